The number of aromatic amines is 1. The number of aromatic nitrogens is 4. The summed E-state index contributed by atoms with van der Waals surface area (Å²) in [4.78, 5) is 10.9. The van der Waals surface area contributed by atoms with Crippen LogP contribution < -0.4 is 20.3 Å². The van der Waals surface area contributed by atoms with Gasteiger partial charge in [-0.1, -0.05) is 6.07 Å². The van der Waals surface area contributed by atoms with Crippen molar-refractivity contribution >= 4 is 11.0 Å². The van der Waals surface area contributed by atoms with E-state index in [0.29, 0.717) is 6.04 Å². The van der Waals surface area contributed by atoms with Gasteiger partial charge in [0.15, 0.2) is 0 Å². The Kier molecular flexibility index (Phi) is 7.78. The highest BCUT2D eigenvalue weighted by molar-refractivity contribution is 5.81. The number of nitrogens with zero attached hydrogens (tertiary/aromatic N) is 4. The van der Waals surface area contributed by atoms with Gasteiger partial charge in [-0.15, -0.1) is 0 Å². The van der Waals surface area contributed by atoms with Crippen molar-refractivity contribution < 1.29 is 14.2 Å². The van der Waals surface area contributed by atoms with Crippen molar-refractivity contribution in [2.45, 2.75) is 37.9 Å². The van der Waals surface area contributed by atoms with Gasteiger partial charge < -0.3 is 19.2 Å². The molecule has 2 aromatic heterocycles. The monoisotopic (exact) mass is 531 g/mol. The van der Waals surface area contributed by atoms with Crippen molar-refractivity contribution in [3.63, 3.8) is 0 Å². The number of methoxy groups -OCH3 is 2. The summed E-state index contributed by atoms with van der Waals surface area (Å²) < 4.78 is 18.3. The molecular weight excluding hydrogens is 494 g/mol. The Morgan fingerprint density at radius 1 is 0.974 bits per heavy atom. The number of morpholine rings is 1. The van der Waals surface area contributed by atoms with E-state index in [1.807, 2.05) is 10.7 Å². The van der Waals surface area contributed by atoms with Crippen LogP contribution in [0.5, 0.6) is 11.5 Å². The number of benzene rings is 2. The Morgan fingerprint density at radius 2 is 1.79 bits per heavy atom. The van der Waals surface area contributed by atoms with Gasteiger partial charge in [-0.05, 0) is 55.2 Å². The van der Waals surface area contributed by atoms with E-state index in [0.717, 1.165) is 98.3 Å². The number of fused-ring (bicyclic) bond motifs is 1. The second kappa shape index (κ2) is 11.7. The zero-order valence-electron chi connectivity index (χ0n) is 22.7. The van der Waals surface area contributed by atoms with Crippen LogP contribution in [0.25, 0.3) is 22.3 Å². The molecule has 206 valence electrons. The Balaban J connectivity index is 1.06. The average molecular weight is 532 g/mol. The summed E-state index contributed by atoms with van der Waals surface area (Å²) in [5.41, 5.74) is 12.2. The van der Waals surface area contributed by atoms with Crippen LogP contribution in [0.3, 0.4) is 0 Å². The topological polar surface area (TPSA) is 101 Å². The van der Waals surface area contributed by atoms with E-state index >= 15 is 0 Å². The number of hydrazine groups is 1. The first-order chi connectivity index (χ1) is 19.2. The molecule has 2 aromatic carbocycles. The summed E-state index contributed by atoms with van der Waals surface area (Å²) in [6.07, 6.45) is 4.95. The van der Waals surface area contributed by atoms with E-state index in [2.05, 4.69) is 63.3 Å². The van der Waals surface area contributed by atoms with E-state index < -0.39 is 0 Å². The number of nitrogens with one attached hydrogen (secondary N) is 3. The molecule has 0 bridgehead atoms. The molecule has 10 heteroatoms. The van der Waals surface area contributed by atoms with Crippen LogP contribution in [0.15, 0.2) is 48.7 Å². The molecule has 2 aliphatic rings. The minimum absolute atomic E-state index is 0.130. The molecule has 2 saturated heterocycles. The Morgan fingerprint density at radius 3 is 2.59 bits per heavy atom. The standard InChI is InChI=1S/C29H37N7O3/c1-37-23-15-20(16-24(19-23)38-2)3-5-22-18-28(33-32-22)29-30-26-6-4-21(17-27(26)31-29)25-7-8-36(34-25)10-9-35-11-13-39-14-12-35/h4,6-8,15-17,19,22,28,32-33H,3,5,9-14,18H2,1-2H3,(H,30,31). The van der Waals surface area contributed by atoms with Gasteiger partial charge in [0.1, 0.15) is 17.3 Å². The third kappa shape index (κ3) is 6.09. The first-order valence-electron chi connectivity index (χ1n) is 13.7. The van der Waals surface area contributed by atoms with Crippen molar-refractivity contribution in [3.8, 4) is 22.8 Å². The van der Waals surface area contributed by atoms with E-state index in [4.69, 9.17) is 24.3 Å². The van der Waals surface area contributed by atoms with E-state index in [-0.39, 0.29) is 6.04 Å². The summed E-state index contributed by atoms with van der Waals surface area (Å²) in [6, 6.07) is 14.9. The molecule has 2 unspecified atom stereocenters. The van der Waals surface area contributed by atoms with Crippen LogP contribution >= 0.6 is 0 Å². The summed E-state index contributed by atoms with van der Waals surface area (Å²) >= 11 is 0. The number of aryl methyl sites for hydroxylation is 1. The van der Waals surface area contributed by atoms with E-state index in [1.165, 1.54) is 5.56 Å². The maximum atomic E-state index is 5.44. The molecular formula is C29H37N7O3. The summed E-state index contributed by atoms with van der Waals surface area (Å²) in [7, 11) is 3.37. The fourth-order valence-corrected chi connectivity index (χ4v) is 5.40. The molecule has 2 aliphatic heterocycles. The zero-order valence-corrected chi connectivity index (χ0v) is 22.7. The third-order valence-corrected chi connectivity index (χ3v) is 7.69. The van der Waals surface area contributed by atoms with Crippen LogP contribution in [0.2, 0.25) is 0 Å². The fraction of sp³-hybridized carbons (Fsp3) is 0.448. The van der Waals surface area contributed by atoms with Crippen molar-refractivity contribution in [3.05, 3.63) is 60.0 Å². The maximum Gasteiger partial charge on any atom is 0.125 e. The molecule has 0 radical (unpaired) electrons. The molecule has 0 amide bonds. The Hall–Kier alpha value is -3.44. The summed E-state index contributed by atoms with van der Waals surface area (Å²) in [6.45, 7) is 5.51. The number of hydrogen-bond donors (Lipinski definition) is 3. The highest BCUT2D eigenvalue weighted by atomic mass is 16.5. The Bertz CT molecular complexity index is 1370. The first-order valence-corrected chi connectivity index (χ1v) is 13.7. The summed E-state index contributed by atoms with van der Waals surface area (Å²) in [5.74, 6) is 2.60. The SMILES string of the molecule is COc1cc(CCC2CC(c3nc4ccc(-c5ccn(CCN6CCOCC6)n5)cc4[nH]3)NN2)cc(OC)c1. The quantitative estimate of drug-likeness (QED) is 0.287. The van der Waals surface area contributed by atoms with Gasteiger partial charge >= 0.3 is 0 Å². The van der Waals surface area contributed by atoms with Crippen LogP contribution in [-0.2, 0) is 17.7 Å². The minimum Gasteiger partial charge on any atom is -0.497 e. The average Bonchev–Trinajstić information content (AvgIpc) is 3.74. The van der Waals surface area contributed by atoms with Gasteiger partial charge in [-0.2, -0.15) is 5.10 Å². The van der Waals surface area contributed by atoms with Crippen molar-refractivity contribution in [1.29, 1.82) is 0 Å². The molecule has 39 heavy (non-hydrogen) atoms. The number of H-pyrrole nitrogens is 1. The molecule has 6 rings (SSSR count). The lowest BCUT2D eigenvalue weighted by Crippen LogP contribution is -2.38. The lowest BCUT2D eigenvalue weighted by molar-refractivity contribution is 0.0360. The highest BCUT2D eigenvalue weighted by Crippen LogP contribution is 2.28. The van der Waals surface area contributed by atoms with Gasteiger partial charge in [0, 0.05) is 43.5 Å². The molecule has 2 atom stereocenters. The van der Waals surface area contributed by atoms with Gasteiger partial charge in [-0.25, -0.2) is 10.4 Å². The predicted octanol–water partition coefficient (Wildman–Crippen LogP) is 3.32. The molecule has 3 N–H and O–H groups in total. The van der Waals surface area contributed by atoms with E-state index in [9.17, 15) is 0 Å². The van der Waals surface area contributed by atoms with Gasteiger partial charge in [0.05, 0.1) is 56.7 Å². The minimum atomic E-state index is 0.130. The molecule has 2 fully saturated rings. The van der Waals surface area contributed by atoms with Crippen molar-refractivity contribution in [1.82, 2.24) is 35.5 Å². The zero-order chi connectivity index (χ0) is 26.6. The largest absolute Gasteiger partial charge is 0.497 e. The highest BCUT2D eigenvalue weighted by Gasteiger charge is 2.27. The van der Waals surface area contributed by atoms with E-state index in [1.54, 1.807) is 14.2 Å². The lowest BCUT2D eigenvalue weighted by Gasteiger charge is -2.26. The second-order valence-corrected chi connectivity index (χ2v) is 10.3. The van der Waals surface area contributed by atoms with Crippen molar-refractivity contribution in [2.24, 2.45) is 0 Å². The number of hydrogen-bond acceptors (Lipinski definition) is 8. The number of rotatable bonds is 10. The molecule has 4 heterocycles. The van der Waals surface area contributed by atoms with Crippen LogP contribution in [0.4, 0.5) is 0 Å². The first kappa shape index (κ1) is 25.8. The fourth-order valence-electron chi connectivity index (χ4n) is 5.40. The van der Waals surface area contributed by atoms with Crippen LogP contribution in [0, 0.1) is 0 Å². The molecule has 0 saturated carbocycles. The molecule has 0 aliphatic carbocycles. The van der Waals surface area contributed by atoms with Crippen LogP contribution in [-0.4, -0.2) is 77.8 Å². The smallest absolute Gasteiger partial charge is 0.125 e. The van der Waals surface area contributed by atoms with Gasteiger partial charge in [-0.3, -0.25) is 15.0 Å². The second-order valence-electron chi connectivity index (χ2n) is 10.3. The maximum absolute atomic E-state index is 5.44. The molecule has 10 nitrogen and oxygen atoms in total. The van der Waals surface area contributed by atoms with Crippen molar-refractivity contribution in [2.75, 3.05) is 47.1 Å². The number of ether oxygens (including phenoxy) is 3. The van der Waals surface area contributed by atoms with Gasteiger partial charge in [0.25, 0.3) is 0 Å². The molecule has 4 aromatic rings. The Labute approximate surface area is 228 Å². The van der Waals surface area contributed by atoms with Gasteiger partial charge in [0.2, 0.25) is 0 Å². The predicted molar refractivity (Wildman–Crippen MR) is 150 cm³/mol. The normalized spacial score (nSPS) is 20.1. The number of imidazole rings is 1. The third-order valence-electron chi connectivity index (χ3n) is 7.69. The molecule has 0 spiro atoms. The lowest BCUT2D eigenvalue weighted by atomic mass is 10.0. The van der Waals surface area contributed by atoms with Crippen LogP contribution in [0.1, 0.15) is 30.3 Å². The summed E-state index contributed by atoms with van der Waals surface area (Å²) in [5, 5.41) is 4.82.